The summed E-state index contributed by atoms with van der Waals surface area (Å²) in [5.41, 5.74) is 1.93. The Morgan fingerprint density at radius 2 is 1.91 bits per heavy atom. The number of aliphatic hydroxyl groups is 1. The van der Waals surface area contributed by atoms with Crippen LogP contribution in [0.5, 0.6) is 0 Å². The second-order valence-corrected chi connectivity index (χ2v) is 7.83. The zero-order valence-electron chi connectivity index (χ0n) is 13.8. The van der Waals surface area contributed by atoms with Crippen molar-refractivity contribution in [3.8, 4) is 0 Å². The van der Waals surface area contributed by atoms with Gasteiger partial charge in [0, 0.05) is 48.4 Å². The average molecular weight is 334 g/mol. The maximum Gasteiger partial charge on any atom is 0.253 e. The number of anilines is 1. The molecule has 0 aliphatic carbocycles. The number of rotatable bonds is 3. The number of piperidine rings is 1. The summed E-state index contributed by atoms with van der Waals surface area (Å²) in [6, 6.07) is 7.98. The Bertz CT molecular complexity index is 526. The lowest BCUT2D eigenvalue weighted by atomic mass is 10.1. The molecule has 4 nitrogen and oxygen atoms in total. The molecule has 1 aromatic rings. The van der Waals surface area contributed by atoms with Gasteiger partial charge in [0.2, 0.25) is 0 Å². The van der Waals surface area contributed by atoms with Crippen molar-refractivity contribution in [2.24, 2.45) is 0 Å². The monoisotopic (exact) mass is 334 g/mol. The molecule has 2 heterocycles. The molecule has 2 fully saturated rings. The molecule has 5 heteroatoms. The van der Waals surface area contributed by atoms with E-state index in [0.29, 0.717) is 5.25 Å². The van der Waals surface area contributed by atoms with Gasteiger partial charge in [-0.05, 0) is 43.5 Å². The van der Waals surface area contributed by atoms with Crippen LogP contribution in [0, 0.1) is 0 Å². The minimum absolute atomic E-state index is 0.157. The molecule has 23 heavy (non-hydrogen) atoms. The summed E-state index contributed by atoms with van der Waals surface area (Å²) >= 11 is 1.98. The molecule has 1 atom stereocenters. The van der Waals surface area contributed by atoms with Crippen LogP contribution in [-0.4, -0.2) is 59.2 Å². The minimum Gasteiger partial charge on any atom is -0.393 e. The van der Waals surface area contributed by atoms with E-state index in [4.69, 9.17) is 0 Å². The van der Waals surface area contributed by atoms with Crippen LogP contribution in [-0.2, 0) is 0 Å². The largest absolute Gasteiger partial charge is 0.393 e. The Hall–Kier alpha value is -1.20. The molecule has 2 aliphatic heterocycles. The quantitative estimate of drug-likeness (QED) is 0.923. The second-order valence-electron chi connectivity index (χ2n) is 6.42. The number of amides is 1. The molecule has 1 unspecified atom stereocenters. The first-order valence-electron chi connectivity index (χ1n) is 8.61. The summed E-state index contributed by atoms with van der Waals surface area (Å²) in [7, 11) is 0. The fraction of sp³-hybridized carbons (Fsp3) is 0.611. The molecule has 1 N–H and O–H groups in total. The van der Waals surface area contributed by atoms with Gasteiger partial charge in [-0.1, -0.05) is 6.92 Å². The first-order chi connectivity index (χ1) is 11.2. The number of carbonyl (C=O) groups is 1. The molecule has 0 spiro atoms. The fourth-order valence-corrected chi connectivity index (χ4v) is 4.45. The van der Waals surface area contributed by atoms with Gasteiger partial charge in [-0.2, -0.15) is 11.8 Å². The van der Waals surface area contributed by atoms with Crippen molar-refractivity contribution in [3.05, 3.63) is 29.8 Å². The van der Waals surface area contributed by atoms with Crippen molar-refractivity contribution in [2.75, 3.05) is 36.8 Å². The highest BCUT2D eigenvalue weighted by molar-refractivity contribution is 8.00. The van der Waals surface area contributed by atoms with Crippen molar-refractivity contribution in [3.63, 3.8) is 0 Å². The number of hydrogen-bond acceptors (Lipinski definition) is 4. The average Bonchev–Trinajstić information content (AvgIpc) is 2.62. The highest BCUT2D eigenvalue weighted by atomic mass is 32.2. The van der Waals surface area contributed by atoms with Gasteiger partial charge < -0.3 is 14.9 Å². The molecule has 0 bridgehead atoms. The van der Waals surface area contributed by atoms with Gasteiger partial charge in [0.1, 0.15) is 0 Å². The molecule has 1 aromatic carbocycles. The predicted octanol–water partition coefficient (Wildman–Crippen LogP) is 2.62. The first kappa shape index (κ1) is 16.7. The van der Waals surface area contributed by atoms with E-state index in [-0.39, 0.29) is 12.0 Å². The highest BCUT2D eigenvalue weighted by Gasteiger charge is 2.24. The van der Waals surface area contributed by atoms with Crippen LogP contribution in [0.15, 0.2) is 24.3 Å². The summed E-state index contributed by atoms with van der Waals surface area (Å²) < 4.78 is 0. The molecule has 126 valence electrons. The van der Waals surface area contributed by atoms with E-state index >= 15 is 0 Å². The van der Waals surface area contributed by atoms with Crippen LogP contribution in [0.3, 0.4) is 0 Å². The zero-order chi connectivity index (χ0) is 16.2. The maximum atomic E-state index is 12.7. The molecular weight excluding hydrogens is 308 g/mol. The van der Waals surface area contributed by atoms with Gasteiger partial charge in [-0.3, -0.25) is 4.79 Å². The van der Waals surface area contributed by atoms with Gasteiger partial charge >= 0.3 is 0 Å². The van der Waals surface area contributed by atoms with Crippen molar-refractivity contribution in [1.29, 1.82) is 0 Å². The summed E-state index contributed by atoms with van der Waals surface area (Å²) in [4.78, 5) is 16.9. The number of aliphatic hydroxyl groups excluding tert-OH is 1. The van der Waals surface area contributed by atoms with E-state index in [9.17, 15) is 9.90 Å². The van der Waals surface area contributed by atoms with Crippen molar-refractivity contribution in [1.82, 2.24) is 4.90 Å². The van der Waals surface area contributed by atoms with E-state index < -0.39 is 0 Å². The topological polar surface area (TPSA) is 43.8 Å². The molecular formula is C18H26N2O2S. The van der Waals surface area contributed by atoms with Crippen molar-refractivity contribution >= 4 is 23.4 Å². The maximum absolute atomic E-state index is 12.7. The third-order valence-electron chi connectivity index (χ3n) is 4.83. The second kappa shape index (κ2) is 7.58. The smallest absolute Gasteiger partial charge is 0.253 e. The van der Waals surface area contributed by atoms with Gasteiger partial charge in [0.25, 0.3) is 5.91 Å². The molecule has 2 aliphatic rings. The molecule has 2 saturated heterocycles. The van der Waals surface area contributed by atoms with Gasteiger partial charge in [0.15, 0.2) is 0 Å². The number of carbonyl (C=O) groups excluding carboxylic acids is 1. The predicted molar refractivity (Wildman–Crippen MR) is 96.3 cm³/mol. The summed E-state index contributed by atoms with van der Waals surface area (Å²) in [6.45, 7) is 5.68. The van der Waals surface area contributed by atoms with E-state index in [1.165, 1.54) is 0 Å². The van der Waals surface area contributed by atoms with Crippen LogP contribution >= 0.6 is 11.8 Å². The van der Waals surface area contributed by atoms with Crippen LogP contribution < -0.4 is 4.90 Å². The van der Waals surface area contributed by atoms with Gasteiger partial charge in [0.05, 0.1) is 6.10 Å². The Labute approximate surface area is 142 Å². The molecule has 0 saturated carbocycles. The lowest BCUT2D eigenvalue weighted by Gasteiger charge is -2.33. The van der Waals surface area contributed by atoms with E-state index in [1.807, 2.05) is 40.9 Å². The SMILES string of the molecule is CCC1CN(C(=O)c2ccc(N3CCC(O)CC3)cc2)CCS1. The Morgan fingerprint density at radius 1 is 1.22 bits per heavy atom. The number of nitrogens with zero attached hydrogens (tertiary/aromatic N) is 2. The Balaban J connectivity index is 1.63. The third-order valence-corrected chi connectivity index (χ3v) is 6.20. The lowest BCUT2D eigenvalue weighted by molar-refractivity contribution is 0.0761. The van der Waals surface area contributed by atoms with Crippen molar-refractivity contribution in [2.45, 2.75) is 37.5 Å². The highest BCUT2D eigenvalue weighted by Crippen LogP contribution is 2.24. The standard InChI is InChI=1S/C18H26N2O2S/c1-2-17-13-20(11-12-23-17)18(22)14-3-5-15(6-4-14)19-9-7-16(21)8-10-19/h3-6,16-17,21H,2,7-13H2,1H3. The molecule has 1 amide bonds. The van der Waals surface area contributed by atoms with Crippen LogP contribution in [0.25, 0.3) is 0 Å². The van der Waals surface area contributed by atoms with Crippen LogP contribution in [0.4, 0.5) is 5.69 Å². The van der Waals surface area contributed by atoms with Crippen molar-refractivity contribution < 1.29 is 9.90 Å². The molecule has 0 radical (unpaired) electrons. The lowest BCUT2D eigenvalue weighted by Crippen LogP contribution is -2.41. The minimum atomic E-state index is -0.157. The Morgan fingerprint density at radius 3 is 2.57 bits per heavy atom. The summed E-state index contributed by atoms with van der Waals surface area (Å²) in [6.07, 6.45) is 2.61. The first-order valence-corrected chi connectivity index (χ1v) is 9.66. The summed E-state index contributed by atoms with van der Waals surface area (Å²) in [5.74, 6) is 1.20. The van der Waals surface area contributed by atoms with Crippen LogP contribution in [0.2, 0.25) is 0 Å². The Kier molecular flexibility index (Phi) is 5.49. The van der Waals surface area contributed by atoms with E-state index in [1.54, 1.807) is 0 Å². The van der Waals surface area contributed by atoms with E-state index in [2.05, 4.69) is 11.8 Å². The third kappa shape index (κ3) is 4.01. The summed E-state index contributed by atoms with van der Waals surface area (Å²) in [5, 5.41) is 10.2. The molecule has 0 aromatic heterocycles. The van der Waals surface area contributed by atoms with Gasteiger partial charge in [-0.15, -0.1) is 0 Å². The fourth-order valence-electron chi connectivity index (χ4n) is 3.27. The van der Waals surface area contributed by atoms with E-state index in [0.717, 1.165) is 62.4 Å². The molecule has 3 rings (SSSR count). The normalized spacial score (nSPS) is 23.1. The number of thioether (sulfide) groups is 1. The zero-order valence-corrected chi connectivity index (χ0v) is 14.6. The number of hydrogen-bond donors (Lipinski definition) is 1. The van der Waals surface area contributed by atoms with Crippen LogP contribution in [0.1, 0.15) is 36.5 Å². The number of benzene rings is 1. The van der Waals surface area contributed by atoms with Gasteiger partial charge in [-0.25, -0.2) is 0 Å².